The number of halogens is 2. The molecule has 0 saturated carbocycles. The number of hydrogen-bond donors (Lipinski definition) is 1. The number of carbonyl (C=O) groups excluding carboxylic acids is 1. The summed E-state index contributed by atoms with van der Waals surface area (Å²) in [7, 11) is 0. The number of nitrogens with one attached hydrogen (secondary N) is 1. The van der Waals surface area contributed by atoms with Gasteiger partial charge in [-0.25, -0.2) is 5.43 Å². The van der Waals surface area contributed by atoms with Crippen LogP contribution in [0.15, 0.2) is 71.8 Å². The molecule has 1 N–H and O–H groups in total. The molecule has 0 aliphatic rings. The smallest absolute Gasteiger partial charge is 0.275 e. The average molecular weight is 470 g/mol. The van der Waals surface area contributed by atoms with Crippen LogP contribution in [-0.2, 0) is 6.61 Å². The normalized spacial score (nSPS) is 10.9. The highest BCUT2D eigenvalue weighted by Gasteiger charge is 2.12. The van der Waals surface area contributed by atoms with E-state index >= 15 is 0 Å². The summed E-state index contributed by atoms with van der Waals surface area (Å²) in [6.45, 7) is 6.36. The van der Waals surface area contributed by atoms with Crippen molar-refractivity contribution in [2.24, 2.45) is 5.10 Å². The van der Waals surface area contributed by atoms with E-state index in [0.29, 0.717) is 21.4 Å². The summed E-state index contributed by atoms with van der Waals surface area (Å²) in [6, 6.07) is 20.2. The lowest BCUT2D eigenvalue weighted by atomic mass is 10.2. The summed E-state index contributed by atoms with van der Waals surface area (Å²) in [5.74, 6) is 0.0774. The first-order chi connectivity index (χ1) is 15.5. The molecule has 32 heavy (non-hydrogen) atoms. The van der Waals surface area contributed by atoms with Crippen molar-refractivity contribution in [2.75, 3.05) is 18.0 Å². The van der Waals surface area contributed by atoms with Crippen LogP contribution in [-0.4, -0.2) is 25.2 Å². The molecule has 7 heteroatoms. The van der Waals surface area contributed by atoms with Gasteiger partial charge in [0.05, 0.1) is 11.8 Å². The Hall–Kier alpha value is -3.02. The number of amides is 1. The second-order valence-corrected chi connectivity index (χ2v) is 7.83. The molecule has 166 valence electrons. The van der Waals surface area contributed by atoms with Crippen LogP contribution in [0.2, 0.25) is 10.0 Å². The summed E-state index contributed by atoms with van der Waals surface area (Å²) >= 11 is 12.1. The maximum absolute atomic E-state index is 12.6. The molecule has 0 fully saturated rings. The van der Waals surface area contributed by atoms with Gasteiger partial charge in [-0.2, -0.15) is 5.10 Å². The highest BCUT2D eigenvalue weighted by Crippen LogP contribution is 2.24. The highest BCUT2D eigenvalue weighted by atomic mass is 35.5. The fraction of sp³-hybridized carbons (Fsp3) is 0.200. The molecule has 0 bridgehead atoms. The fourth-order valence-electron chi connectivity index (χ4n) is 3.16. The largest absolute Gasteiger partial charge is 0.488 e. The van der Waals surface area contributed by atoms with E-state index in [1.54, 1.807) is 48.7 Å². The van der Waals surface area contributed by atoms with Crippen LogP contribution in [0.4, 0.5) is 5.69 Å². The Bertz CT molecular complexity index is 1080. The summed E-state index contributed by atoms with van der Waals surface area (Å²) in [5, 5.41) is 5.15. The summed E-state index contributed by atoms with van der Waals surface area (Å²) in [5.41, 5.74) is 5.77. The Morgan fingerprint density at radius 2 is 1.75 bits per heavy atom. The molecule has 0 heterocycles. The number of benzene rings is 3. The molecule has 3 aromatic rings. The van der Waals surface area contributed by atoms with Crippen LogP contribution in [0.25, 0.3) is 0 Å². The van der Waals surface area contributed by atoms with Crippen LogP contribution in [0.5, 0.6) is 5.75 Å². The van der Waals surface area contributed by atoms with Crippen LogP contribution in [0.1, 0.15) is 35.3 Å². The van der Waals surface area contributed by atoms with Gasteiger partial charge in [0.25, 0.3) is 5.91 Å². The van der Waals surface area contributed by atoms with Gasteiger partial charge in [-0.1, -0.05) is 53.5 Å². The van der Waals surface area contributed by atoms with Gasteiger partial charge in [-0.3, -0.25) is 4.79 Å². The third kappa shape index (κ3) is 6.25. The van der Waals surface area contributed by atoms with Gasteiger partial charge in [0, 0.05) is 34.4 Å². The molecule has 0 atom stereocenters. The van der Waals surface area contributed by atoms with Crippen molar-refractivity contribution in [3.8, 4) is 5.75 Å². The second kappa shape index (κ2) is 11.6. The average Bonchev–Trinajstić information content (AvgIpc) is 2.80. The number of nitrogens with zero attached hydrogens (tertiary/aromatic N) is 2. The van der Waals surface area contributed by atoms with Crippen molar-refractivity contribution >= 4 is 41.0 Å². The van der Waals surface area contributed by atoms with E-state index in [0.717, 1.165) is 29.9 Å². The minimum absolute atomic E-state index is 0.211. The molecule has 0 spiro atoms. The Balaban J connectivity index is 1.63. The number of ether oxygens (including phenoxy) is 1. The van der Waals surface area contributed by atoms with Crippen LogP contribution >= 0.6 is 23.2 Å². The van der Waals surface area contributed by atoms with E-state index in [4.69, 9.17) is 27.9 Å². The zero-order valence-corrected chi connectivity index (χ0v) is 19.5. The minimum atomic E-state index is -0.362. The van der Waals surface area contributed by atoms with Crippen molar-refractivity contribution in [2.45, 2.75) is 20.5 Å². The lowest BCUT2D eigenvalue weighted by Crippen LogP contribution is -2.21. The number of rotatable bonds is 9. The Kier molecular flexibility index (Phi) is 8.54. The van der Waals surface area contributed by atoms with E-state index < -0.39 is 0 Å². The van der Waals surface area contributed by atoms with Crippen LogP contribution in [0, 0.1) is 0 Å². The quantitative estimate of drug-likeness (QED) is 0.300. The number of hydrogen-bond acceptors (Lipinski definition) is 4. The van der Waals surface area contributed by atoms with Gasteiger partial charge in [0.1, 0.15) is 12.4 Å². The Morgan fingerprint density at radius 1 is 1.03 bits per heavy atom. The standard InChI is InChI=1S/C25H25Cl2N3O2/c1-3-30(4-2)21-13-9-18(10-14-21)16-28-29-25(31)22-7-5-6-8-24(22)32-17-19-11-12-20(26)15-23(19)27/h5-16H,3-4,17H2,1-2H3,(H,29,31)/b28-16+. The lowest BCUT2D eigenvalue weighted by molar-refractivity contribution is 0.0950. The topological polar surface area (TPSA) is 53.9 Å². The molecule has 3 aromatic carbocycles. The lowest BCUT2D eigenvalue weighted by Gasteiger charge is -2.20. The van der Waals surface area contributed by atoms with Gasteiger partial charge in [-0.05, 0) is 55.8 Å². The molecule has 1 amide bonds. The molecule has 0 radical (unpaired) electrons. The molecule has 0 aliphatic carbocycles. The maximum atomic E-state index is 12.6. The number of hydrazone groups is 1. The molecule has 0 unspecified atom stereocenters. The Morgan fingerprint density at radius 3 is 2.44 bits per heavy atom. The van der Waals surface area contributed by atoms with Gasteiger partial charge in [0.2, 0.25) is 0 Å². The SMILES string of the molecule is CCN(CC)c1ccc(/C=N/NC(=O)c2ccccc2OCc2ccc(Cl)cc2Cl)cc1. The zero-order chi connectivity index (χ0) is 22.9. The fourth-order valence-corrected chi connectivity index (χ4v) is 3.62. The van der Waals surface area contributed by atoms with Crippen LogP contribution in [0.3, 0.4) is 0 Å². The van der Waals surface area contributed by atoms with Gasteiger partial charge >= 0.3 is 0 Å². The van der Waals surface area contributed by atoms with E-state index in [2.05, 4.69) is 29.3 Å². The maximum Gasteiger partial charge on any atom is 0.275 e. The van der Waals surface area contributed by atoms with Crippen molar-refractivity contribution in [1.29, 1.82) is 0 Å². The number of carbonyl (C=O) groups is 1. The van der Waals surface area contributed by atoms with E-state index in [9.17, 15) is 4.79 Å². The van der Waals surface area contributed by atoms with E-state index in [-0.39, 0.29) is 12.5 Å². The molecular formula is C25H25Cl2N3O2. The molecule has 0 saturated heterocycles. The molecule has 3 rings (SSSR count). The van der Waals surface area contributed by atoms with Crippen molar-refractivity contribution in [1.82, 2.24) is 5.43 Å². The predicted molar refractivity (Wildman–Crippen MR) is 132 cm³/mol. The summed E-state index contributed by atoms with van der Waals surface area (Å²) < 4.78 is 5.84. The predicted octanol–water partition coefficient (Wildman–Crippen LogP) is 6.18. The first-order valence-corrected chi connectivity index (χ1v) is 11.1. The van der Waals surface area contributed by atoms with Crippen molar-refractivity contribution < 1.29 is 9.53 Å². The zero-order valence-electron chi connectivity index (χ0n) is 18.0. The van der Waals surface area contributed by atoms with Crippen molar-refractivity contribution in [3.63, 3.8) is 0 Å². The molecular weight excluding hydrogens is 445 g/mol. The first kappa shape index (κ1) is 23.6. The molecule has 5 nitrogen and oxygen atoms in total. The first-order valence-electron chi connectivity index (χ1n) is 10.4. The highest BCUT2D eigenvalue weighted by molar-refractivity contribution is 6.35. The Labute approximate surface area is 198 Å². The number of para-hydroxylation sites is 1. The van der Waals surface area contributed by atoms with Crippen molar-refractivity contribution in [3.05, 3.63) is 93.5 Å². The second-order valence-electron chi connectivity index (χ2n) is 6.98. The summed E-state index contributed by atoms with van der Waals surface area (Å²) in [4.78, 5) is 14.9. The van der Waals surface area contributed by atoms with Gasteiger partial charge in [0.15, 0.2) is 0 Å². The van der Waals surface area contributed by atoms with Crippen LogP contribution < -0.4 is 15.1 Å². The van der Waals surface area contributed by atoms with E-state index in [1.165, 1.54) is 0 Å². The molecule has 0 aromatic heterocycles. The molecule has 0 aliphatic heterocycles. The summed E-state index contributed by atoms with van der Waals surface area (Å²) in [6.07, 6.45) is 1.61. The van der Waals surface area contributed by atoms with E-state index in [1.807, 2.05) is 24.3 Å². The number of anilines is 1. The third-order valence-corrected chi connectivity index (χ3v) is 5.52. The third-order valence-electron chi connectivity index (χ3n) is 4.93. The minimum Gasteiger partial charge on any atom is -0.488 e. The monoisotopic (exact) mass is 469 g/mol. The van der Waals surface area contributed by atoms with Gasteiger partial charge in [-0.15, -0.1) is 0 Å². The van der Waals surface area contributed by atoms with Gasteiger partial charge < -0.3 is 9.64 Å².